The number of carbonyl (C=O) groups excluding carboxylic acids is 2. The lowest BCUT2D eigenvalue weighted by Crippen LogP contribution is -2.23. The summed E-state index contributed by atoms with van der Waals surface area (Å²) in [5.74, 6) is -0.121. The SMILES string of the molecule is CCc1cccc(C)c1NC(=O)C(C)Sc1ccc(NC(=O)Cc2ccc(Cl)cc2)cc1. The van der Waals surface area contributed by atoms with Crippen molar-refractivity contribution in [3.63, 3.8) is 0 Å². The molecule has 3 aromatic carbocycles. The molecular weight excluding hydrogens is 440 g/mol. The van der Waals surface area contributed by atoms with Gasteiger partial charge >= 0.3 is 0 Å². The van der Waals surface area contributed by atoms with Crippen molar-refractivity contribution in [1.29, 1.82) is 0 Å². The standard InChI is InChI=1S/C26H27ClN2O2S/c1-4-20-7-5-6-17(2)25(20)29-26(31)18(3)32-23-14-12-22(13-15-23)28-24(30)16-19-8-10-21(27)11-9-19/h5-15,18H,4,16H2,1-3H3,(H,28,30)(H,29,31). The van der Waals surface area contributed by atoms with E-state index < -0.39 is 0 Å². The van der Waals surface area contributed by atoms with E-state index in [9.17, 15) is 9.59 Å². The summed E-state index contributed by atoms with van der Waals surface area (Å²) in [5.41, 5.74) is 4.73. The monoisotopic (exact) mass is 466 g/mol. The Labute approximate surface area is 198 Å². The van der Waals surface area contributed by atoms with E-state index in [-0.39, 0.29) is 23.5 Å². The molecule has 0 aliphatic carbocycles. The van der Waals surface area contributed by atoms with Crippen LogP contribution in [0.1, 0.15) is 30.5 Å². The van der Waals surface area contributed by atoms with E-state index >= 15 is 0 Å². The molecule has 3 rings (SSSR count). The molecule has 3 aromatic rings. The number of para-hydroxylation sites is 1. The summed E-state index contributed by atoms with van der Waals surface area (Å²) in [6.45, 7) is 5.98. The van der Waals surface area contributed by atoms with Gasteiger partial charge in [0, 0.05) is 21.3 Å². The molecule has 166 valence electrons. The second-order valence-electron chi connectivity index (χ2n) is 7.59. The Balaban J connectivity index is 1.55. The number of nitrogens with one attached hydrogen (secondary N) is 2. The zero-order chi connectivity index (χ0) is 23.1. The number of halogens is 1. The zero-order valence-corrected chi connectivity index (χ0v) is 20.0. The number of amides is 2. The van der Waals surface area contributed by atoms with E-state index in [1.165, 1.54) is 11.8 Å². The highest BCUT2D eigenvalue weighted by molar-refractivity contribution is 8.00. The fraction of sp³-hybridized carbons (Fsp3) is 0.231. The van der Waals surface area contributed by atoms with Crippen LogP contribution in [0.25, 0.3) is 0 Å². The molecule has 32 heavy (non-hydrogen) atoms. The Morgan fingerprint density at radius 2 is 1.66 bits per heavy atom. The van der Waals surface area contributed by atoms with Crippen LogP contribution in [0.3, 0.4) is 0 Å². The van der Waals surface area contributed by atoms with Gasteiger partial charge in [-0.05, 0) is 73.4 Å². The fourth-order valence-electron chi connectivity index (χ4n) is 3.29. The summed E-state index contributed by atoms with van der Waals surface area (Å²) in [7, 11) is 0. The van der Waals surface area contributed by atoms with E-state index in [2.05, 4.69) is 17.6 Å². The predicted molar refractivity (Wildman–Crippen MR) is 135 cm³/mol. The summed E-state index contributed by atoms with van der Waals surface area (Å²) in [6.07, 6.45) is 1.15. The first-order valence-electron chi connectivity index (χ1n) is 10.6. The van der Waals surface area contributed by atoms with E-state index in [1.807, 2.05) is 68.4 Å². The molecule has 0 heterocycles. The van der Waals surface area contributed by atoms with Gasteiger partial charge in [-0.1, -0.05) is 48.9 Å². The summed E-state index contributed by atoms with van der Waals surface area (Å²) in [4.78, 5) is 26.0. The molecule has 0 aliphatic heterocycles. The highest BCUT2D eigenvalue weighted by Gasteiger charge is 2.17. The lowest BCUT2D eigenvalue weighted by Gasteiger charge is -2.16. The van der Waals surface area contributed by atoms with Gasteiger partial charge < -0.3 is 10.6 Å². The molecule has 4 nitrogen and oxygen atoms in total. The van der Waals surface area contributed by atoms with E-state index in [1.54, 1.807) is 12.1 Å². The van der Waals surface area contributed by atoms with Gasteiger partial charge in [0.05, 0.1) is 11.7 Å². The molecule has 0 saturated heterocycles. The molecule has 0 bridgehead atoms. The van der Waals surface area contributed by atoms with E-state index in [4.69, 9.17) is 11.6 Å². The van der Waals surface area contributed by atoms with Gasteiger partial charge in [-0.15, -0.1) is 11.8 Å². The lowest BCUT2D eigenvalue weighted by molar-refractivity contribution is -0.116. The molecule has 0 aromatic heterocycles. The average Bonchev–Trinajstić information content (AvgIpc) is 2.78. The number of rotatable bonds is 8. The number of benzene rings is 3. The Hall–Kier alpha value is -2.76. The van der Waals surface area contributed by atoms with Crippen molar-refractivity contribution in [1.82, 2.24) is 0 Å². The van der Waals surface area contributed by atoms with Crippen LogP contribution in [0.5, 0.6) is 0 Å². The van der Waals surface area contributed by atoms with Crippen molar-refractivity contribution >= 4 is 46.6 Å². The highest BCUT2D eigenvalue weighted by atomic mass is 35.5. The maximum atomic E-state index is 12.7. The smallest absolute Gasteiger partial charge is 0.237 e. The van der Waals surface area contributed by atoms with Crippen molar-refractivity contribution in [3.8, 4) is 0 Å². The normalized spacial score (nSPS) is 11.6. The van der Waals surface area contributed by atoms with Crippen LogP contribution in [0.4, 0.5) is 11.4 Å². The van der Waals surface area contributed by atoms with Crippen molar-refractivity contribution in [2.75, 3.05) is 10.6 Å². The lowest BCUT2D eigenvalue weighted by atomic mass is 10.1. The number of hydrogen-bond acceptors (Lipinski definition) is 3. The van der Waals surface area contributed by atoms with Crippen LogP contribution in [-0.4, -0.2) is 17.1 Å². The first-order valence-corrected chi connectivity index (χ1v) is 11.8. The molecule has 0 saturated carbocycles. The van der Waals surface area contributed by atoms with Gasteiger partial charge in [0.15, 0.2) is 0 Å². The third-order valence-electron chi connectivity index (χ3n) is 5.09. The average molecular weight is 467 g/mol. The minimum absolute atomic E-state index is 0.0284. The van der Waals surface area contributed by atoms with Gasteiger partial charge in [0.1, 0.15) is 0 Å². The van der Waals surface area contributed by atoms with Crippen molar-refractivity contribution < 1.29 is 9.59 Å². The second kappa shape index (κ2) is 11.2. The Bertz CT molecular complexity index is 1080. The molecule has 0 spiro atoms. The number of carbonyl (C=O) groups is 2. The van der Waals surface area contributed by atoms with Crippen LogP contribution in [-0.2, 0) is 22.4 Å². The van der Waals surface area contributed by atoms with Gasteiger partial charge in [0.25, 0.3) is 0 Å². The number of thioether (sulfide) groups is 1. The third-order valence-corrected chi connectivity index (χ3v) is 6.45. The summed E-state index contributed by atoms with van der Waals surface area (Å²) >= 11 is 7.37. The minimum Gasteiger partial charge on any atom is -0.326 e. The van der Waals surface area contributed by atoms with Crippen molar-refractivity contribution in [3.05, 3.63) is 88.4 Å². The van der Waals surface area contributed by atoms with E-state index in [0.717, 1.165) is 39.4 Å². The van der Waals surface area contributed by atoms with Crippen LogP contribution in [0.15, 0.2) is 71.6 Å². The second-order valence-corrected chi connectivity index (χ2v) is 9.44. The summed E-state index contributed by atoms with van der Waals surface area (Å²) in [5, 5.41) is 6.38. The minimum atomic E-state index is -0.260. The molecule has 0 radical (unpaired) electrons. The quantitative estimate of drug-likeness (QED) is 0.372. The molecular formula is C26H27ClN2O2S. The van der Waals surface area contributed by atoms with Gasteiger partial charge in [-0.3, -0.25) is 9.59 Å². The summed E-state index contributed by atoms with van der Waals surface area (Å²) in [6, 6.07) is 20.8. The molecule has 6 heteroatoms. The maximum absolute atomic E-state index is 12.7. The van der Waals surface area contributed by atoms with E-state index in [0.29, 0.717) is 5.02 Å². The van der Waals surface area contributed by atoms with Gasteiger partial charge in [-0.2, -0.15) is 0 Å². The Morgan fingerprint density at radius 3 is 2.31 bits per heavy atom. The first kappa shape index (κ1) is 23.9. The highest BCUT2D eigenvalue weighted by Crippen LogP contribution is 2.27. The number of hydrogen-bond donors (Lipinski definition) is 2. The fourth-order valence-corrected chi connectivity index (χ4v) is 4.29. The topological polar surface area (TPSA) is 58.2 Å². The first-order chi connectivity index (χ1) is 15.4. The molecule has 0 fully saturated rings. The molecule has 0 aliphatic rings. The van der Waals surface area contributed by atoms with Gasteiger partial charge in [-0.25, -0.2) is 0 Å². The summed E-state index contributed by atoms with van der Waals surface area (Å²) < 4.78 is 0. The van der Waals surface area contributed by atoms with Gasteiger partial charge in [0.2, 0.25) is 11.8 Å². The number of aryl methyl sites for hydroxylation is 2. The van der Waals surface area contributed by atoms with Crippen LogP contribution < -0.4 is 10.6 Å². The largest absolute Gasteiger partial charge is 0.326 e. The zero-order valence-electron chi connectivity index (χ0n) is 18.4. The third kappa shape index (κ3) is 6.62. The molecule has 2 amide bonds. The van der Waals surface area contributed by atoms with Crippen LogP contribution in [0, 0.1) is 6.92 Å². The molecule has 1 unspecified atom stereocenters. The van der Waals surface area contributed by atoms with Crippen LogP contribution >= 0.6 is 23.4 Å². The Kier molecular flexibility index (Phi) is 8.37. The van der Waals surface area contributed by atoms with Crippen molar-refractivity contribution in [2.24, 2.45) is 0 Å². The maximum Gasteiger partial charge on any atom is 0.237 e. The molecule has 2 N–H and O–H groups in total. The van der Waals surface area contributed by atoms with Crippen LogP contribution in [0.2, 0.25) is 5.02 Å². The number of anilines is 2. The molecule has 1 atom stereocenters. The predicted octanol–water partition coefficient (Wildman–Crippen LogP) is 6.51. The van der Waals surface area contributed by atoms with Crippen molar-refractivity contribution in [2.45, 2.75) is 43.8 Å². The Morgan fingerprint density at radius 1 is 0.969 bits per heavy atom.